The minimum Gasteiger partial charge on any atom is -0.507 e. The lowest BCUT2D eigenvalue weighted by Gasteiger charge is -2.47. The summed E-state index contributed by atoms with van der Waals surface area (Å²) in [5.74, 6) is -0.149. The number of benzene rings is 1. The second-order valence-corrected chi connectivity index (χ2v) is 7.47. The van der Waals surface area contributed by atoms with E-state index >= 15 is 0 Å². The first-order valence-electron chi connectivity index (χ1n) is 8.49. The number of ether oxygens (including phenoxy) is 1. The first-order valence-corrected chi connectivity index (χ1v) is 8.49. The van der Waals surface area contributed by atoms with Crippen molar-refractivity contribution in [2.45, 2.75) is 51.2 Å². The Morgan fingerprint density at radius 1 is 1.40 bits per heavy atom. The van der Waals surface area contributed by atoms with Crippen molar-refractivity contribution < 1.29 is 24.9 Å². The molecule has 1 aromatic rings. The van der Waals surface area contributed by atoms with E-state index in [2.05, 4.69) is 0 Å². The van der Waals surface area contributed by atoms with Crippen molar-refractivity contribution in [3.8, 4) is 11.5 Å². The molecule has 134 valence electrons. The molecule has 1 aliphatic carbocycles. The molecule has 0 bridgehead atoms. The molecule has 3 rings (SSSR count). The molecule has 0 saturated carbocycles. The number of aliphatic hydroxyl groups is 1. The van der Waals surface area contributed by atoms with E-state index < -0.39 is 17.7 Å². The predicted octanol–water partition coefficient (Wildman–Crippen LogP) is 3.16. The maximum Gasteiger partial charge on any atom is 0.327 e. The number of aliphatic hydroxyl groups excluding tert-OH is 1. The molecule has 1 aromatic carbocycles. The van der Waals surface area contributed by atoms with Crippen LogP contribution >= 0.6 is 0 Å². The summed E-state index contributed by atoms with van der Waals surface area (Å²) in [6.07, 6.45) is 5.19. The van der Waals surface area contributed by atoms with E-state index in [1.807, 2.05) is 32.9 Å². The Morgan fingerprint density at radius 2 is 2.12 bits per heavy atom. The summed E-state index contributed by atoms with van der Waals surface area (Å²) in [6, 6.07) is 3.53. The Labute approximate surface area is 147 Å². The maximum absolute atomic E-state index is 10.6. The van der Waals surface area contributed by atoms with Gasteiger partial charge in [-0.3, -0.25) is 0 Å². The fraction of sp³-hybridized carbons (Fsp3) is 0.450. The smallest absolute Gasteiger partial charge is 0.327 e. The van der Waals surface area contributed by atoms with Crippen LogP contribution in [-0.4, -0.2) is 33.0 Å². The fourth-order valence-electron chi connectivity index (χ4n) is 3.94. The number of phenols is 1. The number of carboxylic acid groups (broad SMARTS) is 1. The number of allylic oxidation sites excluding steroid dienone is 2. The zero-order valence-electron chi connectivity index (χ0n) is 14.7. The van der Waals surface area contributed by atoms with Gasteiger partial charge in [0.2, 0.25) is 0 Å². The SMILES string of the molecule is CC1=CC2c3c(O)cc(CC=CC(=O)O)cc3OC(C)(C)C2CC1O. The van der Waals surface area contributed by atoms with Gasteiger partial charge in [0, 0.05) is 23.5 Å². The van der Waals surface area contributed by atoms with Gasteiger partial charge >= 0.3 is 5.97 Å². The minimum absolute atomic E-state index is 0.00855. The fourth-order valence-corrected chi connectivity index (χ4v) is 3.94. The molecule has 1 aliphatic heterocycles. The van der Waals surface area contributed by atoms with Gasteiger partial charge in [-0.05, 0) is 56.9 Å². The summed E-state index contributed by atoms with van der Waals surface area (Å²) in [5, 5.41) is 29.5. The number of fused-ring (bicyclic) bond motifs is 3. The van der Waals surface area contributed by atoms with Crippen LogP contribution in [0.1, 0.15) is 44.2 Å². The van der Waals surface area contributed by atoms with Gasteiger partial charge in [-0.15, -0.1) is 0 Å². The summed E-state index contributed by atoms with van der Waals surface area (Å²) in [6.45, 7) is 5.91. The van der Waals surface area contributed by atoms with Crippen LogP contribution in [0.15, 0.2) is 35.9 Å². The zero-order valence-corrected chi connectivity index (χ0v) is 14.7. The van der Waals surface area contributed by atoms with Crippen LogP contribution in [0.2, 0.25) is 0 Å². The van der Waals surface area contributed by atoms with Crippen molar-refractivity contribution in [1.29, 1.82) is 0 Å². The van der Waals surface area contributed by atoms with E-state index in [4.69, 9.17) is 9.84 Å². The Hall–Kier alpha value is -2.27. The highest BCUT2D eigenvalue weighted by Gasteiger charge is 2.47. The van der Waals surface area contributed by atoms with Crippen molar-refractivity contribution in [1.82, 2.24) is 0 Å². The van der Waals surface area contributed by atoms with E-state index in [1.54, 1.807) is 12.1 Å². The lowest BCUT2D eigenvalue weighted by atomic mass is 9.67. The molecule has 0 saturated heterocycles. The third-order valence-electron chi connectivity index (χ3n) is 5.27. The van der Waals surface area contributed by atoms with E-state index in [0.717, 1.165) is 22.8 Å². The molecule has 2 aliphatic rings. The molecule has 0 spiro atoms. The lowest BCUT2D eigenvalue weighted by molar-refractivity contribution is -0.131. The molecule has 3 unspecified atom stereocenters. The summed E-state index contributed by atoms with van der Waals surface area (Å²) < 4.78 is 6.18. The third-order valence-corrected chi connectivity index (χ3v) is 5.27. The van der Waals surface area contributed by atoms with Crippen LogP contribution in [0, 0.1) is 5.92 Å². The van der Waals surface area contributed by atoms with Crippen molar-refractivity contribution >= 4 is 5.97 Å². The third kappa shape index (κ3) is 3.29. The molecule has 3 atom stereocenters. The van der Waals surface area contributed by atoms with Crippen molar-refractivity contribution in [2.24, 2.45) is 5.92 Å². The minimum atomic E-state index is -0.996. The van der Waals surface area contributed by atoms with Crippen LogP contribution < -0.4 is 4.74 Å². The molecule has 0 radical (unpaired) electrons. The second kappa shape index (κ2) is 6.23. The molecular weight excluding hydrogens is 320 g/mol. The highest BCUT2D eigenvalue weighted by Crippen LogP contribution is 2.53. The van der Waals surface area contributed by atoms with Crippen molar-refractivity contribution in [2.75, 3.05) is 0 Å². The number of hydrogen-bond donors (Lipinski definition) is 3. The van der Waals surface area contributed by atoms with Crippen molar-refractivity contribution in [3.05, 3.63) is 47.1 Å². The molecule has 0 fully saturated rings. The summed E-state index contributed by atoms with van der Waals surface area (Å²) in [4.78, 5) is 10.6. The van der Waals surface area contributed by atoms with Gasteiger partial charge in [0.15, 0.2) is 0 Å². The molecule has 0 amide bonds. The van der Waals surface area contributed by atoms with Gasteiger partial charge < -0.3 is 20.1 Å². The van der Waals surface area contributed by atoms with Crippen LogP contribution in [0.3, 0.4) is 0 Å². The molecule has 5 nitrogen and oxygen atoms in total. The summed E-state index contributed by atoms with van der Waals surface area (Å²) in [7, 11) is 0. The number of carbonyl (C=O) groups is 1. The molecule has 0 aromatic heterocycles. The second-order valence-electron chi connectivity index (χ2n) is 7.47. The van der Waals surface area contributed by atoms with Crippen molar-refractivity contribution in [3.63, 3.8) is 0 Å². The lowest BCUT2D eigenvalue weighted by Crippen LogP contribution is -2.47. The Bertz CT molecular complexity index is 760. The quantitative estimate of drug-likeness (QED) is 0.579. The Morgan fingerprint density at radius 3 is 2.80 bits per heavy atom. The molecule has 1 heterocycles. The summed E-state index contributed by atoms with van der Waals surface area (Å²) >= 11 is 0. The average molecular weight is 344 g/mol. The first-order chi connectivity index (χ1) is 11.7. The van der Waals surface area contributed by atoms with E-state index in [1.165, 1.54) is 0 Å². The van der Waals surface area contributed by atoms with E-state index in [9.17, 15) is 15.0 Å². The summed E-state index contributed by atoms with van der Waals surface area (Å²) in [5.41, 5.74) is 1.98. The molecule has 3 N–H and O–H groups in total. The first kappa shape index (κ1) is 17.5. The number of aliphatic carboxylic acids is 1. The number of phenolic OH excluding ortho intramolecular Hbond substituents is 1. The van der Waals surface area contributed by atoms with Gasteiger partial charge in [-0.25, -0.2) is 4.79 Å². The van der Waals surface area contributed by atoms with Gasteiger partial charge in [-0.2, -0.15) is 0 Å². The largest absolute Gasteiger partial charge is 0.507 e. The van der Waals surface area contributed by atoms with Gasteiger partial charge in [-0.1, -0.05) is 12.2 Å². The molecule has 25 heavy (non-hydrogen) atoms. The highest BCUT2D eigenvalue weighted by atomic mass is 16.5. The Balaban J connectivity index is 2.03. The highest BCUT2D eigenvalue weighted by molar-refractivity contribution is 5.79. The predicted molar refractivity (Wildman–Crippen MR) is 93.9 cm³/mol. The standard InChI is InChI=1S/C20H24O5/c1-11-7-13-14(10-15(11)21)20(2,3)25-17-9-12(5-4-6-18(23)24)8-16(22)19(13)17/h4,6-9,13-15,21-22H,5,10H2,1-3H3,(H,23,24). The van der Waals surface area contributed by atoms with Crippen LogP contribution in [-0.2, 0) is 11.2 Å². The zero-order chi connectivity index (χ0) is 18.4. The average Bonchev–Trinajstić information content (AvgIpc) is 2.48. The molecular formula is C20H24O5. The number of hydrogen-bond acceptors (Lipinski definition) is 4. The van der Waals surface area contributed by atoms with Crippen LogP contribution in [0.4, 0.5) is 0 Å². The van der Waals surface area contributed by atoms with E-state index in [0.29, 0.717) is 18.6 Å². The van der Waals surface area contributed by atoms with Crippen LogP contribution in [0.25, 0.3) is 0 Å². The molecule has 5 heteroatoms. The monoisotopic (exact) mass is 344 g/mol. The number of rotatable bonds is 3. The van der Waals surface area contributed by atoms with Gasteiger partial charge in [0.05, 0.1) is 6.10 Å². The number of aromatic hydroxyl groups is 1. The van der Waals surface area contributed by atoms with E-state index in [-0.39, 0.29) is 17.6 Å². The van der Waals surface area contributed by atoms with Crippen LogP contribution in [0.5, 0.6) is 11.5 Å². The topological polar surface area (TPSA) is 87.0 Å². The normalized spacial score (nSPS) is 27.2. The maximum atomic E-state index is 10.6. The van der Waals surface area contributed by atoms with Gasteiger partial charge in [0.1, 0.15) is 17.1 Å². The Kier molecular flexibility index (Phi) is 4.37. The van der Waals surface area contributed by atoms with Gasteiger partial charge in [0.25, 0.3) is 0 Å². The number of carboxylic acids is 1.